The van der Waals surface area contributed by atoms with Crippen molar-refractivity contribution in [2.75, 3.05) is 0 Å². The Hall–Kier alpha value is -6.50. The first-order chi connectivity index (χ1) is 24.8. The topological polar surface area (TPSA) is 0 Å². The monoisotopic (exact) mass is 634 g/mol. The fourth-order valence-electron chi connectivity index (χ4n) is 7.48. The van der Waals surface area contributed by atoms with Crippen LogP contribution < -0.4 is 0 Å². The minimum Gasteiger partial charge on any atom is -0.0622 e. The van der Waals surface area contributed by atoms with E-state index in [4.69, 9.17) is 0 Å². The van der Waals surface area contributed by atoms with Gasteiger partial charge in [-0.1, -0.05) is 170 Å². The maximum absolute atomic E-state index is 2.37. The molecule has 0 aliphatic heterocycles. The van der Waals surface area contributed by atoms with Crippen LogP contribution in [0.4, 0.5) is 0 Å². The van der Waals surface area contributed by atoms with E-state index in [0.29, 0.717) is 0 Å². The van der Waals surface area contributed by atoms with E-state index in [1.807, 2.05) is 0 Å². The van der Waals surface area contributed by atoms with Gasteiger partial charge >= 0.3 is 0 Å². The number of hydrogen-bond donors (Lipinski definition) is 0. The molecule has 0 aliphatic rings. The third-order valence-corrected chi connectivity index (χ3v) is 9.80. The Bertz CT molecular complexity index is 2240. The van der Waals surface area contributed by atoms with Crippen LogP contribution in [-0.4, -0.2) is 0 Å². The lowest BCUT2D eigenvalue weighted by molar-refractivity contribution is 1.57. The maximum atomic E-state index is 2.37. The molecule has 0 spiro atoms. The number of hydrogen-bond acceptors (Lipinski definition) is 0. The molecule has 0 saturated carbocycles. The molecule has 0 bridgehead atoms. The van der Waals surface area contributed by atoms with Crippen LogP contribution in [0.5, 0.6) is 0 Å². The lowest BCUT2D eigenvalue weighted by atomic mass is 9.83. The molecule has 9 rings (SSSR count). The van der Waals surface area contributed by atoms with Crippen LogP contribution >= 0.6 is 0 Å². The predicted octanol–water partition coefficient (Wildman–Crippen LogP) is 14.0. The first kappa shape index (κ1) is 29.6. The van der Waals surface area contributed by atoms with Crippen LogP contribution in [0.25, 0.3) is 88.3 Å². The van der Waals surface area contributed by atoms with Crippen LogP contribution in [0, 0.1) is 0 Å². The summed E-state index contributed by atoms with van der Waals surface area (Å²) < 4.78 is 0. The Morgan fingerprint density at radius 1 is 0.160 bits per heavy atom. The zero-order chi connectivity index (χ0) is 33.3. The quantitative estimate of drug-likeness (QED) is 0.160. The van der Waals surface area contributed by atoms with E-state index in [0.717, 1.165) is 0 Å². The van der Waals surface area contributed by atoms with Gasteiger partial charge in [-0.05, 0) is 125 Å². The van der Waals surface area contributed by atoms with Gasteiger partial charge in [0.1, 0.15) is 0 Å². The van der Waals surface area contributed by atoms with Gasteiger partial charge in [-0.25, -0.2) is 0 Å². The summed E-state index contributed by atoms with van der Waals surface area (Å²) in [5.41, 5.74) is 14.6. The summed E-state index contributed by atoms with van der Waals surface area (Å²) in [6, 6.07) is 75.0. The fourth-order valence-corrected chi connectivity index (χ4v) is 7.48. The Balaban J connectivity index is 1.35. The molecule has 0 atom stereocenters. The second-order valence-corrected chi connectivity index (χ2v) is 12.9. The third kappa shape index (κ3) is 5.48. The highest BCUT2D eigenvalue weighted by atomic mass is 14.2. The van der Waals surface area contributed by atoms with E-state index >= 15 is 0 Å². The molecule has 0 amide bonds. The second-order valence-electron chi connectivity index (χ2n) is 12.9. The highest BCUT2D eigenvalue weighted by molar-refractivity contribution is 6.22. The molecule has 0 heteroatoms. The maximum Gasteiger partial charge on any atom is -0.00259 e. The molecule has 0 aromatic heterocycles. The lowest BCUT2D eigenvalue weighted by Crippen LogP contribution is -1.93. The van der Waals surface area contributed by atoms with E-state index < -0.39 is 0 Å². The molecule has 9 aromatic rings. The molecule has 0 nitrogen and oxygen atoms in total. The van der Waals surface area contributed by atoms with Crippen LogP contribution in [-0.2, 0) is 0 Å². The van der Waals surface area contributed by atoms with Crippen LogP contribution in [0.2, 0.25) is 0 Å². The first-order valence-electron chi connectivity index (χ1n) is 17.3. The molecule has 0 fully saturated rings. The minimum atomic E-state index is 1.21. The highest BCUT2D eigenvalue weighted by Gasteiger charge is 2.19. The van der Waals surface area contributed by atoms with Crippen LogP contribution in [0.3, 0.4) is 0 Å². The lowest BCUT2D eigenvalue weighted by Gasteiger charge is -2.20. The van der Waals surface area contributed by atoms with Gasteiger partial charge in [0.2, 0.25) is 0 Å². The van der Waals surface area contributed by atoms with Crippen molar-refractivity contribution in [3.05, 3.63) is 206 Å². The molecule has 0 aliphatic carbocycles. The molecule has 0 N–H and O–H groups in total. The van der Waals surface area contributed by atoms with Crippen molar-refractivity contribution in [2.24, 2.45) is 0 Å². The molecule has 234 valence electrons. The Morgan fingerprint density at radius 3 is 0.600 bits per heavy atom. The molecule has 0 radical (unpaired) electrons. The summed E-state index contributed by atoms with van der Waals surface area (Å²) in [4.78, 5) is 0. The van der Waals surface area contributed by atoms with Gasteiger partial charge in [0.15, 0.2) is 0 Å². The Kier molecular flexibility index (Phi) is 7.61. The van der Waals surface area contributed by atoms with Crippen molar-refractivity contribution in [1.29, 1.82) is 0 Å². The SMILES string of the molecule is c1ccc(-c2cc(-c3ccccc3)cc(-c3c4ccccc4c(-c4cc(-c5ccccc5)cc(-c5ccccc5)c4)c4ccccc34)c2)cc1. The summed E-state index contributed by atoms with van der Waals surface area (Å²) in [7, 11) is 0. The number of fused-ring (bicyclic) bond motifs is 2. The molecule has 0 unspecified atom stereocenters. The Morgan fingerprint density at radius 2 is 0.360 bits per heavy atom. The predicted molar refractivity (Wildman–Crippen MR) is 214 cm³/mol. The number of rotatable bonds is 6. The molecular formula is C50H34. The molecular weight excluding hydrogens is 601 g/mol. The minimum absolute atomic E-state index is 1.21. The average molecular weight is 635 g/mol. The summed E-state index contributed by atoms with van der Waals surface area (Å²) >= 11 is 0. The van der Waals surface area contributed by atoms with E-state index in [1.165, 1.54) is 88.3 Å². The summed E-state index contributed by atoms with van der Waals surface area (Å²) in [6.45, 7) is 0. The third-order valence-electron chi connectivity index (χ3n) is 9.80. The van der Waals surface area contributed by atoms with Crippen molar-refractivity contribution < 1.29 is 0 Å². The molecule has 0 saturated heterocycles. The molecule has 0 heterocycles. The highest BCUT2D eigenvalue weighted by Crippen LogP contribution is 2.46. The summed E-state index contributed by atoms with van der Waals surface area (Å²) in [6.07, 6.45) is 0. The second kappa shape index (κ2) is 12.8. The average Bonchev–Trinajstić information content (AvgIpc) is 3.21. The smallest absolute Gasteiger partial charge is 0.00259 e. The Labute approximate surface area is 293 Å². The number of benzene rings is 9. The molecule has 9 aromatic carbocycles. The first-order valence-corrected chi connectivity index (χ1v) is 17.3. The van der Waals surface area contributed by atoms with E-state index in [2.05, 4.69) is 206 Å². The van der Waals surface area contributed by atoms with E-state index in [9.17, 15) is 0 Å². The zero-order valence-corrected chi connectivity index (χ0v) is 27.6. The van der Waals surface area contributed by atoms with Gasteiger partial charge < -0.3 is 0 Å². The van der Waals surface area contributed by atoms with Crippen molar-refractivity contribution in [1.82, 2.24) is 0 Å². The van der Waals surface area contributed by atoms with Gasteiger partial charge in [-0.2, -0.15) is 0 Å². The van der Waals surface area contributed by atoms with Gasteiger partial charge in [0.25, 0.3) is 0 Å². The standard InChI is InChI=1S/C50H34/c1-5-17-35(18-6-1)39-29-40(36-19-7-2-8-20-36)32-43(31-39)49-45-25-13-15-27-47(45)50(48-28-16-14-26-46(48)49)44-33-41(37-21-9-3-10-22-37)30-42(34-44)38-23-11-4-12-24-38/h1-34H. The van der Waals surface area contributed by atoms with Gasteiger partial charge in [-0.15, -0.1) is 0 Å². The van der Waals surface area contributed by atoms with Crippen molar-refractivity contribution >= 4 is 21.5 Å². The van der Waals surface area contributed by atoms with Crippen molar-refractivity contribution in [3.8, 4) is 66.8 Å². The normalized spacial score (nSPS) is 11.2. The largest absolute Gasteiger partial charge is 0.0622 e. The van der Waals surface area contributed by atoms with Gasteiger partial charge in [0, 0.05) is 0 Å². The van der Waals surface area contributed by atoms with E-state index in [1.54, 1.807) is 0 Å². The van der Waals surface area contributed by atoms with Crippen LogP contribution in [0.15, 0.2) is 206 Å². The van der Waals surface area contributed by atoms with Gasteiger partial charge in [-0.3, -0.25) is 0 Å². The van der Waals surface area contributed by atoms with Crippen molar-refractivity contribution in [3.63, 3.8) is 0 Å². The summed E-state index contributed by atoms with van der Waals surface area (Å²) in [5.74, 6) is 0. The zero-order valence-electron chi connectivity index (χ0n) is 27.6. The summed E-state index contributed by atoms with van der Waals surface area (Å²) in [5, 5.41) is 4.99. The van der Waals surface area contributed by atoms with Crippen molar-refractivity contribution in [2.45, 2.75) is 0 Å². The van der Waals surface area contributed by atoms with Crippen LogP contribution in [0.1, 0.15) is 0 Å². The fraction of sp³-hybridized carbons (Fsp3) is 0. The van der Waals surface area contributed by atoms with E-state index in [-0.39, 0.29) is 0 Å². The van der Waals surface area contributed by atoms with Gasteiger partial charge in [0.05, 0.1) is 0 Å². The molecule has 50 heavy (non-hydrogen) atoms.